The van der Waals surface area contributed by atoms with E-state index >= 15 is 0 Å². The third-order valence-electron chi connectivity index (χ3n) is 5.14. The van der Waals surface area contributed by atoms with Crippen molar-refractivity contribution in [2.45, 2.75) is 37.9 Å². The molecule has 2 nitrogen and oxygen atoms in total. The van der Waals surface area contributed by atoms with Gasteiger partial charge in [0.25, 0.3) is 0 Å². The Hall–Kier alpha value is -0.130. The molecular formula is C16H25IN2. The summed E-state index contributed by atoms with van der Waals surface area (Å²) >= 11 is 0. The predicted octanol–water partition coefficient (Wildman–Crippen LogP) is -0.496. The quantitative estimate of drug-likeness (QED) is 0.500. The van der Waals surface area contributed by atoms with E-state index in [9.17, 15) is 0 Å². The standard InChI is InChI=1S/C16H25N2.HI/c1-18(2)15-9-6-10-16(18)13-17(12-15)11-14-7-4-3-5-8-14;/h3-5,7-8,15-16H,6,9-13H2,1-2H3;1H/q+1;/p-1. The van der Waals surface area contributed by atoms with Crippen LogP contribution in [0, 0.1) is 0 Å². The SMILES string of the molecule is C[N+]1(C)C2CCCC1CN(Cc1ccccc1)C2.[I-]. The molecule has 0 radical (unpaired) electrons. The van der Waals surface area contributed by atoms with Crippen molar-refractivity contribution >= 4 is 0 Å². The van der Waals surface area contributed by atoms with E-state index in [1.807, 2.05) is 0 Å². The van der Waals surface area contributed by atoms with Crippen LogP contribution < -0.4 is 24.0 Å². The van der Waals surface area contributed by atoms with Crippen LogP contribution >= 0.6 is 0 Å². The number of likely N-dealkylation sites (N-methyl/N-ethyl adjacent to an activating group) is 1. The molecule has 2 saturated heterocycles. The molecule has 2 heterocycles. The van der Waals surface area contributed by atoms with Gasteiger partial charge in [0.15, 0.2) is 0 Å². The van der Waals surface area contributed by atoms with Gasteiger partial charge in [-0.25, -0.2) is 0 Å². The van der Waals surface area contributed by atoms with Crippen LogP contribution in [-0.2, 0) is 6.54 Å². The van der Waals surface area contributed by atoms with Crippen LogP contribution in [0.4, 0.5) is 0 Å². The van der Waals surface area contributed by atoms with E-state index < -0.39 is 0 Å². The van der Waals surface area contributed by atoms with Gasteiger partial charge in [-0.2, -0.15) is 0 Å². The summed E-state index contributed by atoms with van der Waals surface area (Å²) in [5.41, 5.74) is 1.46. The van der Waals surface area contributed by atoms with Crippen molar-refractivity contribution in [3.05, 3.63) is 35.9 Å². The molecular weight excluding hydrogens is 347 g/mol. The molecule has 0 N–H and O–H groups in total. The van der Waals surface area contributed by atoms with Crippen molar-refractivity contribution in [1.82, 2.24) is 4.90 Å². The number of hydrogen-bond donors (Lipinski definition) is 0. The summed E-state index contributed by atoms with van der Waals surface area (Å²) in [6, 6.07) is 12.6. The third-order valence-corrected chi connectivity index (χ3v) is 5.14. The monoisotopic (exact) mass is 372 g/mol. The molecule has 0 amide bonds. The van der Waals surface area contributed by atoms with E-state index in [0.717, 1.165) is 18.6 Å². The van der Waals surface area contributed by atoms with Crippen LogP contribution in [0.2, 0.25) is 0 Å². The van der Waals surface area contributed by atoms with Crippen molar-refractivity contribution in [2.75, 3.05) is 27.2 Å². The number of nitrogens with zero attached hydrogens (tertiary/aromatic N) is 2. The van der Waals surface area contributed by atoms with Gasteiger partial charge in [-0.15, -0.1) is 0 Å². The Labute approximate surface area is 134 Å². The molecule has 1 aromatic rings. The minimum Gasteiger partial charge on any atom is -1.00 e. The van der Waals surface area contributed by atoms with Gasteiger partial charge in [0, 0.05) is 19.4 Å². The first-order valence-electron chi connectivity index (χ1n) is 7.26. The van der Waals surface area contributed by atoms with Gasteiger partial charge in [0.1, 0.15) is 12.1 Å². The highest BCUT2D eigenvalue weighted by molar-refractivity contribution is 5.14. The van der Waals surface area contributed by atoms with Crippen LogP contribution in [0.5, 0.6) is 0 Å². The number of hydrogen-bond acceptors (Lipinski definition) is 1. The zero-order valence-corrected chi connectivity index (χ0v) is 14.2. The first-order chi connectivity index (χ1) is 8.66. The van der Waals surface area contributed by atoms with E-state index in [1.165, 1.54) is 42.4 Å². The molecule has 0 aromatic heterocycles. The summed E-state index contributed by atoms with van der Waals surface area (Å²) < 4.78 is 1.26. The maximum absolute atomic E-state index is 2.67. The van der Waals surface area contributed by atoms with Crippen LogP contribution in [0.25, 0.3) is 0 Å². The number of rotatable bonds is 2. The van der Waals surface area contributed by atoms with E-state index in [-0.39, 0.29) is 24.0 Å². The summed E-state index contributed by atoms with van der Waals surface area (Å²) in [5, 5.41) is 0. The zero-order chi connectivity index (χ0) is 12.6. The molecule has 2 fully saturated rings. The normalized spacial score (nSPS) is 29.6. The van der Waals surface area contributed by atoms with Crippen molar-refractivity contribution in [2.24, 2.45) is 0 Å². The van der Waals surface area contributed by atoms with Crippen LogP contribution in [0.1, 0.15) is 24.8 Å². The summed E-state index contributed by atoms with van der Waals surface area (Å²) in [5.74, 6) is 0. The molecule has 2 unspecified atom stereocenters. The van der Waals surface area contributed by atoms with Gasteiger partial charge in [-0.05, 0) is 12.0 Å². The molecule has 2 atom stereocenters. The van der Waals surface area contributed by atoms with Gasteiger partial charge in [-0.3, -0.25) is 4.90 Å². The first-order valence-corrected chi connectivity index (χ1v) is 7.26. The Balaban J connectivity index is 0.00000133. The highest BCUT2D eigenvalue weighted by Crippen LogP contribution is 2.33. The van der Waals surface area contributed by atoms with E-state index in [2.05, 4.69) is 49.3 Å². The smallest absolute Gasteiger partial charge is 0.102 e. The molecule has 0 spiro atoms. The number of piperazine rings is 1. The minimum absolute atomic E-state index is 0. The molecule has 2 aliphatic rings. The lowest BCUT2D eigenvalue weighted by Crippen LogP contribution is -3.00. The highest BCUT2D eigenvalue weighted by atomic mass is 127. The fourth-order valence-corrected chi connectivity index (χ4v) is 3.80. The van der Waals surface area contributed by atoms with Crippen molar-refractivity contribution in [3.8, 4) is 0 Å². The van der Waals surface area contributed by atoms with Crippen molar-refractivity contribution in [1.29, 1.82) is 0 Å². The number of likely N-dealkylation sites (tertiary alicyclic amines) is 1. The highest BCUT2D eigenvalue weighted by Gasteiger charge is 2.45. The third kappa shape index (κ3) is 3.14. The topological polar surface area (TPSA) is 3.24 Å². The number of piperidine rings is 1. The molecule has 3 heteroatoms. The summed E-state index contributed by atoms with van der Waals surface area (Å²) in [4.78, 5) is 2.67. The molecule has 1 aromatic carbocycles. The summed E-state index contributed by atoms with van der Waals surface area (Å²) in [6.07, 6.45) is 4.26. The fourth-order valence-electron chi connectivity index (χ4n) is 3.80. The molecule has 2 aliphatic heterocycles. The first kappa shape index (κ1) is 15.3. The van der Waals surface area contributed by atoms with Crippen molar-refractivity contribution < 1.29 is 28.5 Å². The number of fused-ring (bicyclic) bond motifs is 2. The minimum atomic E-state index is 0. The lowest BCUT2D eigenvalue weighted by atomic mass is 9.89. The predicted molar refractivity (Wildman–Crippen MR) is 75.3 cm³/mol. The Morgan fingerprint density at radius 2 is 1.63 bits per heavy atom. The molecule has 0 aliphatic carbocycles. The second-order valence-corrected chi connectivity index (χ2v) is 6.55. The van der Waals surface area contributed by atoms with Crippen molar-refractivity contribution in [3.63, 3.8) is 0 Å². The molecule has 3 rings (SSSR count). The molecule has 2 bridgehead atoms. The fraction of sp³-hybridized carbons (Fsp3) is 0.625. The Morgan fingerprint density at radius 1 is 1.05 bits per heavy atom. The second-order valence-electron chi connectivity index (χ2n) is 6.55. The van der Waals surface area contributed by atoms with Gasteiger partial charge in [0.2, 0.25) is 0 Å². The van der Waals surface area contributed by atoms with E-state index in [0.29, 0.717) is 0 Å². The lowest BCUT2D eigenvalue weighted by Gasteiger charge is -2.54. The number of quaternary nitrogens is 1. The largest absolute Gasteiger partial charge is 1.00 e. The van der Waals surface area contributed by atoms with Crippen LogP contribution in [0.3, 0.4) is 0 Å². The van der Waals surface area contributed by atoms with Gasteiger partial charge in [0.05, 0.1) is 27.2 Å². The van der Waals surface area contributed by atoms with E-state index in [1.54, 1.807) is 0 Å². The van der Waals surface area contributed by atoms with Gasteiger partial charge < -0.3 is 28.5 Å². The Morgan fingerprint density at radius 3 is 2.21 bits per heavy atom. The Kier molecular flexibility index (Phi) is 4.90. The van der Waals surface area contributed by atoms with E-state index in [4.69, 9.17) is 0 Å². The number of benzene rings is 1. The molecule has 106 valence electrons. The maximum atomic E-state index is 2.67. The average Bonchev–Trinajstić information content (AvgIpc) is 2.31. The van der Waals surface area contributed by atoms with Crippen LogP contribution in [0.15, 0.2) is 30.3 Å². The maximum Gasteiger partial charge on any atom is 0.102 e. The molecule has 0 saturated carbocycles. The van der Waals surface area contributed by atoms with Gasteiger partial charge in [-0.1, -0.05) is 30.3 Å². The van der Waals surface area contributed by atoms with Crippen LogP contribution in [-0.4, -0.2) is 48.7 Å². The lowest BCUT2D eigenvalue weighted by molar-refractivity contribution is -0.948. The average molecular weight is 372 g/mol. The summed E-state index contributed by atoms with van der Waals surface area (Å²) in [7, 11) is 4.88. The second kappa shape index (κ2) is 6.10. The number of halogens is 1. The zero-order valence-electron chi connectivity index (χ0n) is 12.1. The Bertz CT molecular complexity index is 388. The molecule has 19 heavy (non-hydrogen) atoms. The van der Waals surface area contributed by atoms with Gasteiger partial charge >= 0.3 is 0 Å². The summed E-state index contributed by atoms with van der Waals surface area (Å²) in [6.45, 7) is 3.69.